The number of hydrogen-bond donors (Lipinski definition) is 2. The van der Waals surface area contributed by atoms with Gasteiger partial charge in [-0.2, -0.15) is 5.10 Å². The molecular formula is C18H17N5O2. The van der Waals surface area contributed by atoms with Gasteiger partial charge < -0.3 is 5.32 Å². The third-order valence-corrected chi connectivity index (χ3v) is 4.27. The number of nitrogens with zero attached hydrogens (tertiary/aromatic N) is 3. The van der Waals surface area contributed by atoms with E-state index in [1.165, 1.54) is 4.57 Å². The lowest BCUT2D eigenvalue weighted by Gasteiger charge is -2.06. The molecule has 0 saturated carbocycles. The number of hydrogen-bond acceptors (Lipinski definition) is 3. The molecular weight excluding hydrogens is 318 g/mol. The van der Waals surface area contributed by atoms with Gasteiger partial charge in [-0.15, -0.1) is 0 Å². The monoisotopic (exact) mass is 335 g/mol. The molecule has 0 radical (unpaired) electrons. The Labute approximate surface area is 142 Å². The fourth-order valence-corrected chi connectivity index (χ4v) is 3.10. The van der Waals surface area contributed by atoms with Crippen LogP contribution in [0.25, 0.3) is 21.9 Å². The molecule has 0 aliphatic carbocycles. The minimum absolute atomic E-state index is 0.0320. The summed E-state index contributed by atoms with van der Waals surface area (Å²) in [5.74, 6) is -0.246. The maximum atomic E-state index is 12.6. The second kappa shape index (κ2) is 5.94. The van der Waals surface area contributed by atoms with Crippen molar-refractivity contribution >= 4 is 33.5 Å². The first-order valence-electron chi connectivity index (χ1n) is 8.08. The van der Waals surface area contributed by atoms with Crippen molar-refractivity contribution in [2.24, 2.45) is 0 Å². The van der Waals surface area contributed by atoms with Gasteiger partial charge in [0.25, 0.3) is 0 Å². The molecule has 2 aromatic carbocycles. The van der Waals surface area contributed by atoms with Crippen LogP contribution >= 0.6 is 0 Å². The van der Waals surface area contributed by atoms with E-state index in [0.29, 0.717) is 12.2 Å². The summed E-state index contributed by atoms with van der Waals surface area (Å²) >= 11 is 0. The Morgan fingerprint density at radius 1 is 1.16 bits per heavy atom. The van der Waals surface area contributed by atoms with Crippen LogP contribution in [-0.2, 0) is 17.9 Å². The number of aromatic nitrogens is 4. The van der Waals surface area contributed by atoms with Crippen molar-refractivity contribution in [3.05, 3.63) is 59.1 Å². The fourth-order valence-electron chi connectivity index (χ4n) is 3.10. The molecule has 4 rings (SSSR count). The van der Waals surface area contributed by atoms with E-state index in [4.69, 9.17) is 0 Å². The third-order valence-electron chi connectivity index (χ3n) is 4.27. The number of anilines is 1. The van der Waals surface area contributed by atoms with Crippen LogP contribution in [0.5, 0.6) is 0 Å². The van der Waals surface area contributed by atoms with Gasteiger partial charge in [0, 0.05) is 17.6 Å². The molecule has 2 heterocycles. The molecule has 7 nitrogen and oxygen atoms in total. The Balaban J connectivity index is 1.63. The molecule has 0 aliphatic heterocycles. The van der Waals surface area contributed by atoms with E-state index >= 15 is 0 Å². The number of para-hydroxylation sites is 2. The predicted molar refractivity (Wildman–Crippen MR) is 96.6 cm³/mol. The lowest BCUT2D eigenvalue weighted by molar-refractivity contribution is -0.116. The molecule has 1 amide bonds. The summed E-state index contributed by atoms with van der Waals surface area (Å²) in [4.78, 5) is 25.0. The quantitative estimate of drug-likeness (QED) is 0.600. The van der Waals surface area contributed by atoms with E-state index in [2.05, 4.69) is 15.5 Å². The Hall–Kier alpha value is -3.35. The van der Waals surface area contributed by atoms with Crippen LogP contribution in [-0.4, -0.2) is 25.2 Å². The SMILES string of the molecule is CCn1c(=O)n(CC(=O)Nc2ccc3[nH]ncc3c2)c2ccccc21. The predicted octanol–water partition coefficient (Wildman–Crippen LogP) is 2.34. The van der Waals surface area contributed by atoms with E-state index in [-0.39, 0.29) is 18.1 Å². The van der Waals surface area contributed by atoms with Crippen molar-refractivity contribution in [2.45, 2.75) is 20.0 Å². The minimum Gasteiger partial charge on any atom is -0.325 e. The zero-order valence-electron chi connectivity index (χ0n) is 13.7. The zero-order chi connectivity index (χ0) is 17.4. The second-order valence-corrected chi connectivity index (χ2v) is 5.82. The molecule has 0 bridgehead atoms. The van der Waals surface area contributed by atoms with Gasteiger partial charge >= 0.3 is 5.69 Å². The first-order chi connectivity index (χ1) is 12.2. The van der Waals surface area contributed by atoms with E-state index in [0.717, 1.165) is 21.9 Å². The number of carbonyl (C=O) groups excluding carboxylic acids is 1. The largest absolute Gasteiger partial charge is 0.329 e. The summed E-state index contributed by atoms with van der Waals surface area (Å²) in [5, 5.41) is 10.6. The number of amides is 1. The number of fused-ring (bicyclic) bond motifs is 2. The molecule has 7 heteroatoms. The van der Waals surface area contributed by atoms with Crippen LogP contribution in [0.15, 0.2) is 53.5 Å². The molecule has 0 atom stereocenters. The van der Waals surface area contributed by atoms with Crippen molar-refractivity contribution < 1.29 is 4.79 Å². The van der Waals surface area contributed by atoms with Crippen molar-refractivity contribution in [1.29, 1.82) is 0 Å². The molecule has 0 saturated heterocycles. The van der Waals surface area contributed by atoms with Gasteiger partial charge in [0.15, 0.2) is 0 Å². The summed E-state index contributed by atoms with van der Waals surface area (Å²) in [7, 11) is 0. The number of aromatic amines is 1. The highest BCUT2D eigenvalue weighted by molar-refractivity contribution is 5.94. The number of H-pyrrole nitrogens is 1. The van der Waals surface area contributed by atoms with Crippen molar-refractivity contribution in [3.63, 3.8) is 0 Å². The average Bonchev–Trinajstić information content (AvgIpc) is 3.18. The highest BCUT2D eigenvalue weighted by Crippen LogP contribution is 2.17. The van der Waals surface area contributed by atoms with Crippen molar-refractivity contribution in [2.75, 3.05) is 5.32 Å². The van der Waals surface area contributed by atoms with Crippen LogP contribution in [0.2, 0.25) is 0 Å². The molecule has 2 aromatic heterocycles. The van der Waals surface area contributed by atoms with Gasteiger partial charge in [-0.25, -0.2) is 4.79 Å². The van der Waals surface area contributed by atoms with Gasteiger partial charge in [0.05, 0.1) is 22.7 Å². The summed E-state index contributed by atoms with van der Waals surface area (Å²) < 4.78 is 3.17. The number of nitrogens with one attached hydrogen (secondary N) is 2. The van der Waals surface area contributed by atoms with Gasteiger partial charge in [-0.05, 0) is 37.3 Å². The van der Waals surface area contributed by atoms with Gasteiger partial charge in [-0.1, -0.05) is 12.1 Å². The number of carbonyl (C=O) groups is 1. The molecule has 0 fully saturated rings. The topological polar surface area (TPSA) is 84.7 Å². The van der Waals surface area contributed by atoms with Crippen molar-refractivity contribution in [3.8, 4) is 0 Å². The molecule has 126 valence electrons. The molecule has 0 unspecified atom stereocenters. The standard InChI is InChI=1S/C18H17N5O2/c1-2-22-15-5-3-4-6-16(15)23(18(22)25)11-17(24)20-13-7-8-14-12(9-13)10-19-21-14/h3-10H,2,11H2,1H3,(H,19,21)(H,20,24). The van der Waals surface area contributed by atoms with Crippen LogP contribution in [0.1, 0.15) is 6.92 Å². The molecule has 4 aromatic rings. The first kappa shape index (κ1) is 15.2. The summed E-state index contributed by atoms with van der Waals surface area (Å²) in [6, 6.07) is 13.0. The Bertz CT molecular complexity index is 1140. The fraction of sp³-hybridized carbons (Fsp3) is 0.167. The molecule has 2 N–H and O–H groups in total. The highest BCUT2D eigenvalue weighted by atomic mass is 16.2. The Morgan fingerprint density at radius 2 is 1.92 bits per heavy atom. The number of rotatable bonds is 4. The van der Waals surface area contributed by atoms with Crippen LogP contribution in [0, 0.1) is 0 Å². The van der Waals surface area contributed by atoms with E-state index in [1.54, 1.807) is 16.8 Å². The Kier molecular flexibility index (Phi) is 3.61. The maximum Gasteiger partial charge on any atom is 0.329 e. The van der Waals surface area contributed by atoms with Gasteiger partial charge in [0.2, 0.25) is 5.91 Å². The molecule has 25 heavy (non-hydrogen) atoms. The van der Waals surface area contributed by atoms with E-state index in [1.807, 2.05) is 43.3 Å². The van der Waals surface area contributed by atoms with Gasteiger partial charge in [-0.3, -0.25) is 19.0 Å². The molecule has 0 spiro atoms. The average molecular weight is 335 g/mol. The minimum atomic E-state index is -0.246. The summed E-state index contributed by atoms with van der Waals surface area (Å²) in [6.45, 7) is 2.44. The normalized spacial score (nSPS) is 11.2. The van der Waals surface area contributed by atoms with Crippen LogP contribution < -0.4 is 11.0 Å². The smallest absolute Gasteiger partial charge is 0.325 e. The molecule has 0 aliphatic rings. The highest BCUT2D eigenvalue weighted by Gasteiger charge is 2.14. The number of imidazole rings is 1. The van der Waals surface area contributed by atoms with Gasteiger partial charge in [0.1, 0.15) is 6.54 Å². The summed E-state index contributed by atoms with van der Waals surface area (Å²) in [6.07, 6.45) is 1.70. The van der Waals surface area contributed by atoms with Crippen molar-refractivity contribution in [1.82, 2.24) is 19.3 Å². The third kappa shape index (κ3) is 2.59. The zero-order valence-corrected chi connectivity index (χ0v) is 13.7. The number of aryl methyl sites for hydroxylation is 1. The number of benzene rings is 2. The lowest BCUT2D eigenvalue weighted by Crippen LogP contribution is -2.29. The van der Waals surface area contributed by atoms with E-state index < -0.39 is 0 Å². The second-order valence-electron chi connectivity index (χ2n) is 5.82. The summed E-state index contributed by atoms with van der Waals surface area (Å²) in [5.41, 5.74) is 2.99. The van der Waals surface area contributed by atoms with E-state index in [9.17, 15) is 9.59 Å². The maximum absolute atomic E-state index is 12.6. The van der Waals surface area contributed by atoms with Crippen LogP contribution in [0.4, 0.5) is 5.69 Å². The lowest BCUT2D eigenvalue weighted by atomic mass is 10.2. The Morgan fingerprint density at radius 3 is 2.68 bits per heavy atom. The van der Waals surface area contributed by atoms with Crippen LogP contribution in [0.3, 0.4) is 0 Å². The first-order valence-corrected chi connectivity index (χ1v) is 8.08.